The Bertz CT molecular complexity index is 930. The van der Waals surface area contributed by atoms with Crippen LogP contribution in [0.2, 0.25) is 0 Å². The molecule has 1 heterocycles. The highest BCUT2D eigenvalue weighted by Gasteiger charge is 2.44. The number of aliphatic hydroxyl groups excluding tert-OH is 5. The first-order valence-electron chi connectivity index (χ1n) is 23.6. The number of aliphatic hydroxyl groups is 5. The fourth-order valence-electron chi connectivity index (χ4n) is 7.44. The highest BCUT2D eigenvalue weighted by Crippen LogP contribution is 2.23. The van der Waals surface area contributed by atoms with Crippen LogP contribution in [0.3, 0.4) is 0 Å². The molecule has 0 bridgehead atoms. The van der Waals surface area contributed by atoms with Crippen LogP contribution in [0.15, 0.2) is 24.3 Å². The smallest absolute Gasteiger partial charge is 0.220 e. The number of unbranched alkanes of at least 4 members (excludes halogenated alkanes) is 27. The molecule has 0 aliphatic carbocycles. The molecule has 0 aromatic heterocycles. The van der Waals surface area contributed by atoms with Gasteiger partial charge in [0.15, 0.2) is 6.29 Å². The fourth-order valence-corrected chi connectivity index (χ4v) is 7.44. The summed E-state index contributed by atoms with van der Waals surface area (Å²) < 4.78 is 11.1. The average molecular weight is 796 g/mol. The summed E-state index contributed by atoms with van der Waals surface area (Å²) in [6, 6.07) is -0.798. The topological polar surface area (TPSA) is 149 Å². The summed E-state index contributed by atoms with van der Waals surface area (Å²) >= 11 is 0. The van der Waals surface area contributed by atoms with E-state index in [0.29, 0.717) is 6.42 Å². The van der Waals surface area contributed by atoms with Gasteiger partial charge in [-0.2, -0.15) is 0 Å². The third kappa shape index (κ3) is 28.2. The van der Waals surface area contributed by atoms with Crippen LogP contribution >= 0.6 is 0 Å². The number of carbonyl (C=O) groups excluding carboxylic acids is 1. The number of carbonyl (C=O) groups is 1. The van der Waals surface area contributed by atoms with Crippen molar-refractivity contribution >= 4 is 5.91 Å². The van der Waals surface area contributed by atoms with E-state index < -0.39 is 49.5 Å². The van der Waals surface area contributed by atoms with Gasteiger partial charge in [0, 0.05) is 6.42 Å². The van der Waals surface area contributed by atoms with Gasteiger partial charge in [-0.05, 0) is 44.9 Å². The lowest BCUT2D eigenvalue weighted by atomic mass is 9.99. The van der Waals surface area contributed by atoms with Crippen molar-refractivity contribution < 1.29 is 39.8 Å². The van der Waals surface area contributed by atoms with Gasteiger partial charge in [0.1, 0.15) is 24.4 Å². The molecular weight excluding hydrogens is 707 g/mol. The van der Waals surface area contributed by atoms with Crippen LogP contribution in [0.1, 0.15) is 213 Å². The molecule has 1 aliphatic heterocycles. The van der Waals surface area contributed by atoms with E-state index in [4.69, 9.17) is 9.47 Å². The van der Waals surface area contributed by atoms with Crippen LogP contribution in [0.4, 0.5) is 0 Å². The van der Waals surface area contributed by atoms with Gasteiger partial charge in [-0.25, -0.2) is 0 Å². The second kappa shape index (κ2) is 37.9. The molecule has 7 atom stereocenters. The van der Waals surface area contributed by atoms with Crippen LogP contribution in [-0.2, 0) is 14.3 Å². The monoisotopic (exact) mass is 796 g/mol. The van der Waals surface area contributed by atoms with Gasteiger partial charge in [0.2, 0.25) is 5.91 Å². The summed E-state index contributed by atoms with van der Waals surface area (Å²) in [4.78, 5) is 12.9. The van der Waals surface area contributed by atoms with E-state index >= 15 is 0 Å². The van der Waals surface area contributed by atoms with Crippen LogP contribution in [0.25, 0.3) is 0 Å². The summed E-state index contributed by atoms with van der Waals surface area (Å²) in [5.74, 6) is -0.181. The number of ether oxygens (including phenoxy) is 2. The zero-order valence-corrected chi connectivity index (χ0v) is 36.1. The SMILES string of the molecule is CCCCCC/C=C/C(O)C(COC1OC(CO)C(O)C(O)C1O)NC(=O)CCCCCCCCCCCCCCCCC/C=C\CCCCCCCCCC. The van der Waals surface area contributed by atoms with Crippen molar-refractivity contribution in [2.24, 2.45) is 0 Å². The number of allylic oxidation sites excluding steroid dienone is 3. The van der Waals surface area contributed by atoms with Crippen molar-refractivity contribution in [3.63, 3.8) is 0 Å². The molecule has 0 aromatic carbocycles. The summed E-state index contributed by atoms with van der Waals surface area (Å²) in [7, 11) is 0. The van der Waals surface area contributed by atoms with E-state index in [0.717, 1.165) is 44.9 Å². The van der Waals surface area contributed by atoms with E-state index in [1.165, 1.54) is 148 Å². The minimum Gasteiger partial charge on any atom is -0.394 e. The Hall–Kier alpha value is -1.33. The maximum Gasteiger partial charge on any atom is 0.220 e. The maximum atomic E-state index is 12.9. The third-order valence-corrected chi connectivity index (χ3v) is 11.3. The quantitative estimate of drug-likeness (QED) is 0.0266. The molecule has 1 saturated heterocycles. The number of hydrogen-bond acceptors (Lipinski definition) is 8. The Morgan fingerprint density at radius 3 is 1.46 bits per heavy atom. The minimum atomic E-state index is -1.56. The summed E-state index contributed by atoms with van der Waals surface area (Å²) in [5.41, 5.74) is 0. The molecule has 7 unspecified atom stereocenters. The molecule has 0 spiro atoms. The van der Waals surface area contributed by atoms with Gasteiger partial charge < -0.3 is 40.3 Å². The second-order valence-corrected chi connectivity index (χ2v) is 16.5. The lowest BCUT2D eigenvalue weighted by Crippen LogP contribution is -2.60. The second-order valence-electron chi connectivity index (χ2n) is 16.5. The van der Waals surface area contributed by atoms with E-state index in [-0.39, 0.29) is 12.5 Å². The predicted molar refractivity (Wildman–Crippen MR) is 230 cm³/mol. The fraction of sp³-hybridized carbons (Fsp3) is 0.894. The first-order chi connectivity index (χ1) is 27.3. The lowest BCUT2D eigenvalue weighted by molar-refractivity contribution is -0.302. The molecule has 0 saturated carbocycles. The molecule has 1 aliphatic rings. The highest BCUT2D eigenvalue weighted by molar-refractivity contribution is 5.76. The molecule has 1 fully saturated rings. The Morgan fingerprint density at radius 1 is 0.589 bits per heavy atom. The van der Waals surface area contributed by atoms with Crippen molar-refractivity contribution in [1.29, 1.82) is 0 Å². The zero-order chi connectivity index (χ0) is 40.9. The molecule has 9 nitrogen and oxygen atoms in total. The van der Waals surface area contributed by atoms with Crippen molar-refractivity contribution in [1.82, 2.24) is 5.32 Å². The first-order valence-corrected chi connectivity index (χ1v) is 23.6. The van der Waals surface area contributed by atoms with E-state index in [2.05, 4.69) is 31.3 Å². The standard InChI is InChI=1S/C47H89NO8/c1-3-5-7-9-11-12-13-14-15-16-17-18-19-20-21-22-23-24-25-26-27-28-29-30-31-33-35-37-43(51)48-40(41(50)36-34-32-10-8-6-4-2)39-55-47-46(54)45(53)44(52)42(38-49)56-47/h16-17,34,36,40-42,44-47,49-50,52-54H,3-15,18-33,35,37-39H2,1-2H3,(H,48,51)/b17-16-,36-34+. The van der Waals surface area contributed by atoms with Gasteiger partial charge in [0.25, 0.3) is 0 Å². The van der Waals surface area contributed by atoms with Crippen LogP contribution in [0.5, 0.6) is 0 Å². The van der Waals surface area contributed by atoms with Gasteiger partial charge in [0.05, 0.1) is 25.4 Å². The summed E-state index contributed by atoms with van der Waals surface area (Å²) in [5, 5.41) is 53.8. The van der Waals surface area contributed by atoms with Crippen LogP contribution < -0.4 is 5.32 Å². The Balaban J connectivity index is 2.11. The summed E-state index contributed by atoms with van der Waals surface area (Å²) in [6.07, 6.45) is 38.5. The van der Waals surface area contributed by atoms with Crippen molar-refractivity contribution in [2.75, 3.05) is 13.2 Å². The molecule has 56 heavy (non-hydrogen) atoms. The lowest BCUT2D eigenvalue weighted by Gasteiger charge is -2.40. The number of nitrogens with one attached hydrogen (secondary N) is 1. The van der Waals surface area contributed by atoms with Gasteiger partial charge in [-0.15, -0.1) is 0 Å². The average Bonchev–Trinajstić information content (AvgIpc) is 3.20. The molecule has 0 radical (unpaired) electrons. The van der Waals surface area contributed by atoms with E-state index in [1.807, 2.05) is 6.08 Å². The first kappa shape index (κ1) is 52.7. The molecule has 9 heteroatoms. The number of rotatable bonds is 39. The molecule has 330 valence electrons. The predicted octanol–water partition coefficient (Wildman–Crippen LogP) is 9.89. The largest absolute Gasteiger partial charge is 0.394 e. The number of hydrogen-bond donors (Lipinski definition) is 6. The molecule has 1 amide bonds. The van der Waals surface area contributed by atoms with Crippen molar-refractivity contribution in [2.45, 2.75) is 256 Å². The van der Waals surface area contributed by atoms with Crippen molar-refractivity contribution in [3.8, 4) is 0 Å². The van der Waals surface area contributed by atoms with Gasteiger partial charge >= 0.3 is 0 Å². The Kier molecular flexibility index (Phi) is 35.7. The molecule has 1 rings (SSSR count). The van der Waals surface area contributed by atoms with Crippen LogP contribution in [0, 0.1) is 0 Å². The summed E-state index contributed by atoms with van der Waals surface area (Å²) in [6.45, 7) is 3.69. The Morgan fingerprint density at radius 2 is 1.00 bits per heavy atom. The van der Waals surface area contributed by atoms with Gasteiger partial charge in [-0.3, -0.25) is 4.79 Å². The molecular formula is C47H89NO8. The van der Waals surface area contributed by atoms with E-state index in [9.17, 15) is 30.3 Å². The minimum absolute atomic E-state index is 0.181. The van der Waals surface area contributed by atoms with Crippen LogP contribution in [-0.4, -0.2) is 87.5 Å². The number of amides is 1. The van der Waals surface area contributed by atoms with E-state index in [1.54, 1.807) is 6.08 Å². The molecule has 0 aromatic rings. The van der Waals surface area contributed by atoms with Crippen molar-refractivity contribution in [3.05, 3.63) is 24.3 Å². The Labute approximate surface area is 343 Å². The maximum absolute atomic E-state index is 12.9. The normalized spacial score (nSPS) is 21.3. The third-order valence-electron chi connectivity index (χ3n) is 11.3. The zero-order valence-electron chi connectivity index (χ0n) is 36.1. The molecule has 6 N–H and O–H groups in total. The van der Waals surface area contributed by atoms with Gasteiger partial charge in [-0.1, -0.05) is 186 Å². The highest BCUT2D eigenvalue weighted by atomic mass is 16.7.